The van der Waals surface area contributed by atoms with E-state index in [1.54, 1.807) is 11.0 Å². The van der Waals surface area contributed by atoms with Gasteiger partial charge in [0.2, 0.25) is 5.91 Å². The Morgan fingerprint density at radius 3 is 2.81 bits per heavy atom. The second kappa shape index (κ2) is 10.9. The van der Waals surface area contributed by atoms with Crippen LogP contribution in [-0.4, -0.2) is 62.1 Å². The highest BCUT2D eigenvalue weighted by molar-refractivity contribution is 7.91. The fraction of sp³-hybridized carbons (Fsp3) is 0.500. The summed E-state index contributed by atoms with van der Waals surface area (Å²) in [6.45, 7) is 3.70. The van der Waals surface area contributed by atoms with E-state index in [0.717, 1.165) is 35.3 Å². The van der Waals surface area contributed by atoms with Crippen LogP contribution in [0.5, 0.6) is 5.75 Å². The summed E-state index contributed by atoms with van der Waals surface area (Å²) in [6.07, 6.45) is 3.59. The number of carbonyl (C=O) groups excluding carboxylic acids is 1. The van der Waals surface area contributed by atoms with Gasteiger partial charge in [0, 0.05) is 13.2 Å². The van der Waals surface area contributed by atoms with Crippen molar-refractivity contribution in [3.05, 3.63) is 34.7 Å². The van der Waals surface area contributed by atoms with E-state index in [-0.39, 0.29) is 22.8 Å². The van der Waals surface area contributed by atoms with Gasteiger partial charge in [0.05, 0.1) is 28.3 Å². The summed E-state index contributed by atoms with van der Waals surface area (Å²) in [5.74, 6) is 0.395. The van der Waals surface area contributed by atoms with E-state index in [4.69, 9.17) is 26.1 Å². The highest BCUT2D eigenvalue weighted by Gasteiger charge is 2.41. The second-order valence-corrected chi connectivity index (χ2v) is 13.6. The molecule has 194 valence electrons. The van der Waals surface area contributed by atoms with E-state index in [1.807, 2.05) is 25.1 Å². The Morgan fingerprint density at radius 2 is 2.08 bits per heavy atom. The van der Waals surface area contributed by atoms with Gasteiger partial charge in [0.1, 0.15) is 21.5 Å². The lowest BCUT2D eigenvalue weighted by Crippen LogP contribution is -2.54. The minimum absolute atomic E-state index is 0.114. The molecule has 2 unspecified atom stereocenters. The molecule has 0 radical (unpaired) electrons. The molecular formula is C24H28ClN3O5S3. The van der Waals surface area contributed by atoms with Crippen molar-refractivity contribution in [1.82, 2.24) is 9.29 Å². The molecule has 3 aromatic rings. The number of nitrogens with zero attached hydrogens (tertiary/aromatic N) is 3. The molecule has 4 heterocycles. The zero-order valence-electron chi connectivity index (χ0n) is 19.9. The maximum Gasteiger partial charge on any atom is 0.253 e. The van der Waals surface area contributed by atoms with Crippen LogP contribution in [0.4, 0.5) is 5.13 Å². The Labute approximate surface area is 223 Å². The number of hydrogen-bond acceptors (Lipinski definition) is 8. The van der Waals surface area contributed by atoms with Gasteiger partial charge in [0.15, 0.2) is 5.13 Å². The number of halogens is 1. The molecule has 2 aliphatic rings. The van der Waals surface area contributed by atoms with Gasteiger partial charge in [-0.1, -0.05) is 35.4 Å². The average molecular weight is 570 g/mol. The molecule has 2 aliphatic heterocycles. The molecule has 0 N–H and O–H groups in total. The first kappa shape index (κ1) is 25.9. The van der Waals surface area contributed by atoms with Crippen LogP contribution in [0.15, 0.2) is 34.5 Å². The number of ether oxygens (including phenoxy) is 2. The van der Waals surface area contributed by atoms with E-state index in [2.05, 4.69) is 0 Å². The van der Waals surface area contributed by atoms with Crippen LogP contribution in [0.2, 0.25) is 4.34 Å². The number of thiophene rings is 1. The zero-order chi connectivity index (χ0) is 25.3. The van der Waals surface area contributed by atoms with Crippen LogP contribution in [0.3, 0.4) is 0 Å². The third kappa shape index (κ3) is 5.14. The molecule has 36 heavy (non-hydrogen) atoms. The van der Waals surface area contributed by atoms with Crippen molar-refractivity contribution in [2.75, 3.05) is 31.2 Å². The number of amides is 1. The highest BCUT2D eigenvalue weighted by Crippen LogP contribution is 2.37. The van der Waals surface area contributed by atoms with E-state index in [0.29, 0.717) is 53.3 Å². The SMILES string of the molecule is CCOc1cccc2sc(N(CC3CCCO3)C(=O)C3CCCCN3S(=O)(=O)c3ccc(Cl)s3)nc12. The second-order valence-electron chi connectivity index (χ2n) is 8.80. The van der Waals surface area contributed by atoms with Crippen LogP contribution in [0.25, 0.3) is 10.2 Å². The molecule has 2 saturated heterocycles. The molecule has 0 saturated carbocycles. The Bertz CT molecular complexity index is 1340. The molecule has 1 amide bonds. The Kier molecular flexibility index (Phi) is 7.85. The summed E-state index contributed by atoms with van der Waals surface area (Å²) in [6, 6.07) is 7.98. The van der Waals surface area contributed by atoms with Gasteiger partial charge in [-0.3, -0.25) is 9.69 Å². The first-order valence-corrected chi connectivity index (χ1v) is 15.6. The average Bonchev–Trinajstić information content (AvgIpc) is 3.64. The maximum absolute atomic E-state index is 14.1. The van der Waals surface area contributed by atoms with E-state index in [1.165, 1.54) is 21.7 Å². The minimum atomic E-state index is -3.87. The van der Waals surface area contributed by atoms with Crippen molar-refractivity contribution in [2.24, 2.45) is 0 Å². The summed E-state index contributed by atoms with van der Waals surface area (Å²) >= 11 is 8.45. The molecule has 0 aliphatic carbocycles. The van der Waals surface area contributed by atoms with Crippen LogP contribution in [0, 0.1) is 0 Å². The van der Waals surface area contributed by atoms with Crippen LogP contribution < -0.4 is 9.64 Å². The molecule has 0 spiro atoms. The lowest BCUT2D eigenvalue weighted by Gasteiger charge is -2.36. The summed E-state index contributed by atoms with van der Waals surface area (Å²) in [7, 11) is -3.87. The van der Waals surface area contributed by atoms with Gasteiger partial charge in [-0.15, -0.1) is 11.3 Å². The number of anilines is 1. The molecule has 5 rings (SSSR count). The molecular weight excluding hydrogens is 542 g/mol. The molecule has 2 fully saturated rings. The minimum Gasteiger partial charge on any atom is -0.492 e. The predicted octanol–water partition coefficient (Wildman–Crippen LogP) is 5.17. The third-order valence-corrected chi connectivity index (χ3v) is 11.1. The van der Waals surface area contributed by atoms with Crippen LogP contribution in [-0.2, 0) is 19.6 Å². The standard InChI is InChI=1S/C24H28ClN3O5S3/c1-2-32-18-9-5-10-19-22(18)26-24(34-19)27(15-16-7-6-14-33-16)23(29)17-8-3-4-13-28(17)36(30,31)21-12-11-20(25)35-21/h5,9-12,16-17H,2-4,6-8,13-15H2,1H3. The fourth-order valence-electron chi connectivity index (χ4n) is 4.72. The van der Waals surface area contributed by atoms with Gasteiger partial charge in [-0.2, -0.15) is 4.31 Å². The number of thiazole rings is 1. The van der Waals surface area contributed by atoms with Crippen LogP contribution >= 0.6 is 34.3 Å². The first-order valence-electron chi connectivity index (χ1n) is 12.1. The number of sulfonamides is 1. The van der Waals surface area contributed by atoms with Crippen molar-refractivity contribution in [3.8, 4) is 5.75 Å². The van der Waals surface area contributed by atoms with Crippen molar-refractivity contribution >= 4 is 65.6 Å². The monoisotopic (exact) mass is 569 g/mol. The number of para-hydroxylation sites is 1. The molecule has 8 nitrogen and oxygen atoms in total. The summed E-state index contributed by atoms with van der Waals surface area (Å²) < 4.78 is 41.5. The van der Waals surface area contributed by atoms with E-state index < -0.39 is 16.1 Å². The predicted molar refractivity (Wildman–Crippen MR) is 143 cm³/mol. The highest BCUT2D eigenvalue weighted by atomic mass is 35.5. The normalized spacial score (nSPS) is 21.2. The molecule has 2 atom stereocenters. The summed E-state index contributed by atoms with van der Waals surface area (Å²) in [5.41, 5.74) is 0.700. The Balaban J connectivity index is 1.51. The van der Waals surface area contributed by atoms with Crippen LogP contribution in [0.1, 0.15) is 39.0 Å². The lowest BCUT2D eigenvalue weighted by molar-refractivity contribution is -0.123. The van der Waals surface area contributed by atoms with Crippen molar-refractivity contribution in [1.29, 1.82) is 0 Å². The largest absolute Gasteiger partial charge is 0.492 e. The number of hydrogen-bond donors (Lipinski definition) is 0. The van der Waals surface area contributed by atoms with E-state index in [9.17, 15) is 13.2 Å². The number of carbonyl (C=O) groups is 1. The first-order chi connectivity index (χ1) is 17.4. The topological polar surface area (TPSA) is 89.0 Å². The van der Waals surface area contributed by atoms with Crippen molar-refractivity contribution in [3.63, 3.8) is 0 Å². The van der Waals surface area contributed by atoms with Gasteiger partial charge < -0.3 is 9.47 Å². The smallest absolute Gasteiger partial charge is 0.253 e. The number of benzene rings is 1. The zero-order valence-corrected chi connectivity index (χ0v) is 23.1. The number of aromatic nitrogens is 1. The molecule has 12 heteroatoms. The van der Waals surface area contributed by atoms with Crippen molar-refractivity contribution in [2.45, 2.75) is 55.4 Å². The lowest BCUT2D eigenvalue weighted by atomic mass is 10.0. The van der Waals surface area contributed by atoms with Gasteiger partial charge in [-0.25, -0.2) is 13.4 Å². The fourth-order valence-corrected chi connectivity index (χ4v) is 8.99. The maximum atomic E-state index is 14.1. The molecule has 0 bridgehead atoms. The Morgan fingerprint density at radius 1 is 1.22 bits per heavy atom. The number of rotatable bonds is 8. The van der Waals surface area contributed by atoms with Gasteiger partial charge in [0.25, 0.3) is 10.0 Å². The number of fused-ring (bicyclic) bond motifs is 1. The summed E-state index contributed by atoms with van der Waals surface area (Å²) in [5, 5.41) is 0.528. The van der Waals surface area contributed by atoms with Gasteiger partial charge >= 0.3 is 0 Å². The van der Waals surface area contributed by atoms with E-state index >= 15 is 0 Å². The van der Waals surface area contributed by atoms with Crippen molar-refractivity contribution < 1.29 is 22.7 Å². The molecule has 2 aromatic heterocycles. The number of piperidine rings is 1. The quantitative estimate of drug-likeness (QED) is 0.372. The summed E-state index contributed by atoms with van der Waals surface area (Å²) in [4.78, 5) is 20.6. The molecule has 1 aromatic carbocycles. The third-order valence-electron chi connectivity index (χ3n) is 6.43. The van der Waals surface area contributed by atoms with Gasteiger partial charge in [-0.05, 0) is 56.9 Å². The Hall–Kier alpha value is -1.76.